The zero-order chi connectivity index (χ0) is 16.8. The lowest BCUT2D eigenvalue weighted by atomic mass is 10.1. The summed E-state index contributed by atoms with van der Waals surface area (Å²) in [5, 5.41) is 7.10. The van der Waals surface area contributed by atoms with Crippen LogP contribution in [-0.2, 0) is 0 Å². The van der Waals surface area contributed by atoms with Crippen molar-refractivity contribution in [1.29, 1.82) is 0 Å². The number of likely N-dealkylation sites (tertiary alicyclic amines) is 1. The van der Waals surface area contributed by atoms with Crippen LogP contribution in [0.15, 0.2) is 27.8 Å². The van der Waals surface area contributed by atoms with Gasteiger partial charge in [0.05, 0.1) is 12.3 Å². The highest BCUT2D eigenvalue weighted by atomic mass is 127. The Bertz CT molecular complexity index is 514. The van der Waals surface area contributed by atoms with E-state index in [-0.39, 0.29) is 30.0 Å². The third-order valence-electron chi connectivity index (χ3n) is 5.29. The van der Waals surface area contributed by atoms with Crippen molar-refractivity contribution in [3.8, 4) is 0 Å². The lowest BCUT2D eigenvalue weighted by Gasteiger charge is -2.33. The van der Waals surface area contributed by atoms with Gasteiger partial charge in [-0.05, 0) is 56.8 Å². The Morgan fingerprint density at radius 3 is 2.80 bits per heavy atom. The van der Waals surface area contributed by atoms with Gasteiger partial charge in [-0.1, -0.05) is 19.8 Å². The molecule has 0 amide bonds. The maximum absolute atomic E-state index is 5.72. The Balaban J connectivity index is 0.00000225. The standard InChI is InChI=1S/C19H32N4O.HI/c1-3-8-15-13-16(15)22-19(20-2)21-14-17(18-9-7-12-24-18)23-10-5-4-6-11-23;/h7,9,12,15-17H,3-6,8,10-11,13-14H2,1-2H3,(H2,20,21,22);1H. The molecule has 25 heavy (non-hydrogen) atoms. The summed E-state index contributed by atoms with van der Waals surface area (Å²) in [5.41, 5.74) is 0. The van der Waals surface area contributed by atoms with E-state index < -0.39 is 0 Å². The van der Waals surface area contributed by atoms with Crippen molar-refractivity contribution in [2.45, 2.75) is 57.5 Å². The van der Waals surface area contributed by atoms with E-state index in [1.165, 1.54) is 38.5 Å². The molecular weight excluding hydrogens is 427 g/mol. The normalized spacial score (nSPS) is 25.1. The van der Waals surface area contributed by atoms with Gasteiger partial charge in [-0.3, -0.25) is 9.89 Å². The largest absolute Gasteiger partial charge is 0.468 e. The molecule has 3 unspecified atom stereocenters. The molecule has 6 heteroatoms. The SMILES string of the molecule is CCCC1CC1NC(=NC)NCC(c1ccco1)N1CCCCC1.I. The first-order chi connectivity index (χ1) is 11.8. The third kappa shape index (κ3) is 5.88. The Morgan fingerprint density at radius 1 is 1.36 bits per heavy atom. The summed E-state index contributed by atoms with van der Waals surface area (Å²) in [4.78, 5) is 6.95. The fraction of sp³-hybridized carbons (Fsp3) is 0.737. The molecule has 1 aliphatic heterocycles. The van der Waals surface area contributed by atoms with Gasteiger partial charge in [0, 0.05) is 19.6 Å². The molecule has 2 heterocycles. The highest BCUT2D eigenvalue weighted by molar-refractivity contribution is 14.0. The lowest BCUT2D eigenvalue weighted by Crippen LogP contribution is -2.45. The van der Waals surface area contributed by atoms with E-state index in [1.807, 2.05) is 13.1 Å². The van der Waals surface area contributed by atoms with E-state index in [2.05, 4.69) is 33.5 Å². The second-order valence-electron chi connectivity index (χ2n) is 7.12. The Morgan fingerprint density at radius 2 is 2.16 bits per heavy atom. The van der Waals surface area contributed by atoms with Gasteiger partial charge >= 0.3 is 0 Å². The van der Waals surface area contributed by atoms with Gasteiger partial charge in [-0.2, -0.15) is 0 Å². The van der Waals surface area contributed by atoms with Gasteiger partial charge in [0.15, 0.2) is 5.96 Å². The highest BCUT2D eigenvalue weighted by Crippen LogP contribution is 2.34. The van der Waals surface area contributed by atoms with Crippen LogP contribution >= 0.6 is 24.0 Å². The molecule has 0 radical (unpaired) electrons. The molecule has 1 aromatic heterocycles. The van der Waals surface area contributed by atoms with Crippen molar-refractivity contribution in [2.75, 3.05) is 26.7 Å². The van der Waals surface area contributed by atoms with Crippen LogP contribution < -0.4 is 10.6 Å². The molecule has 0 aromatic carbocycles. The van der Waals surface area contributed by atoms with Gasteiger partial charge in [0.1, 0.15) is 5.76 Å². The van der Waals surface area contributed by atoms with Crippen molar-refractivity contribution < 1.29 is 4.42 Å². The van der Waals surface area contributed by atoms with E-state index in [0.29, 0.717) is 6.04 Å². The van der Waals surface area contributed by atoms with E-state index in [9.17, 15) is 0 Å². The van der Waals surface area contributed by atoms with Gasteiger partial charge in [0.25, 0.3) is 0 Å². The fourth-order valence-electron chi connectivity index (χ4n) is 3.80. The number of rotatable bonds is 7. The maximum Gasteiger partial charge on any atom is 0.191 e. The van der Waals surface area contributed by atoms with E-state index in [1.54, 1.807) is 6.26 Å². The summed E-state index contributed by atoms with van der Waals surface area (Å²) in [5.74, 6) is 2.80. The zero-order valence-electron chi connectivity index (χ0n) is 15.5. The van der Waals surface area contributed by atoms with E-state index >= 15 is 0 Å². The van der Waals surface area contributed by atoms with Crippen molar-refractivity contribution in [1.82, 2.24) is 15.5 Å². The van der Waals surface area contributed by atoms with Crippen LogP contribution in [0.2, 0.25) is 0 Å². The molecule has 1 aliphatic carbocycles. The molecule has 2 fully saturated rings. The maximum atomic E-state index is 5.72. The number of guanidine groups is 1. The summed E-state index contributed by atoms with van der Waals surface area (Å²) in [6.45, 7) is 5.40. The molecule has 0 bridgehead atoms. The van der Waals surface area contributed by atoms with Crippen LogP contribution in [0.5, 0.6) is 0 Å². The molecule has 0 spiro atoms. The van der Waals surface area contributed by atoms with Gasteiger partial charge in [0.2, 0.25) is 0 Å². The topological polar surface area (TPSA) is 52.8 Å². The molecular formula is C19H33IN4O. The lowest BCUT2D eigenvalue weighted by molar-refractivity contribution is 0.146. The smallest absolute Gasteiger partial charge is 0.191 e. The second-order valence-corrected chi connectivity index (χ2v) is 7.12. The first-order valence-corrected chi connectivity index (χ1v) is 9.56. The van der Waals surface area contributed by atoms with Crippen LogP contribution in [0.4, 0.5) is 0 Å². The fourth-order valence-corrected chi connectivity index (χ4v) is 3.80. The molecule has 3 rings (SSSR count). The van der Waals surface area contributed by atoms with E-state index in [0.717, 1.165) is 37.3 Å². The predicted molar refractivity (Wildman–Crippen MR) is 114 cm³/mol. The predicted octanol–water partition coefficient (Wildman–Crippen LogP) is 3.78. The van der Waals surface area contributed by atoms with Gasteiger partial charge < -0.3 is 15.1 Å². The quantitative estimate of drug-likeness (QED) is 0.370. The van der Waals surface area contributed by atoms with Crippen LogP contribution in [0.25, 0.3) is 0 Å². The molecule has 142 valence electrons. The summed E-state index contributed by atoms with van der Waals surface area (Å²) in [6, 6.07) is 4.96. The minimum absolute atomic E-state index is 0. The van der Waals surface area contributed by atoms with E-state index in [4.69, 9.17) is 4.42 Å². The summed E-state index contributed by atoms with van der Waals surface area (Å²) < 4.78 is 5.72. The van der Waals surface area contributed by atoms with Crippen molar-refractivity contribution in [2.24, 2.45) is 10.9 Å². The number of furan rings is 1. The average Bonchev–Trinajstić information content (AvgIpc) is 3.11. The number of nitrogens with zero attached hydrogens (tertiary/aromatic N) is 2. The summed E-state index contributed by atoms with van der Waals surface area (Å²) in [6.07, 6.45) is 9.55. The highest BCUT2D eigenvalue weighted by Gasteiger charge is 2.36. The third-order valence-corrected chi connectivity index (χ3v) is 5.29. The molecule has 3 atom stereocenters. The number of nitrogens with one attached hydrogen (secondary N) is 2. The minimum Gasteiger partial charge on any atom is -0.468 e. The van der Waals surface area contributed by atoms with Crippen molar-refractivity contribution in [3.05, 3.63) is 24.2 Å². The number of piperidine rings is 1. The first kappa shape index (κ1) is 20.6. The summed E-state index contributed by atoms with van der Waals surface area (Å²) in [7, 11) is 1.86. The van der Waals surface area contributed by atoms with Crippen LogP contribution in [0, 0.1) is 5.92 Å². The number of hydrogen-bond donors (Lipinski definition) is 2. The number of hydrogen-bond acceptors (Lipinski definition) is 3. The average molecular weight is 460 g/mol. The minimum atomic E-state index is 0. The molecule has 1 saturated carbocycles. The monoisotopic (exact) mass is 460 g/mol. The Hall–Kier alpha value is -0.760. The van der Waals surface area contributed by atoms with Crippen molar-refractivity contribution >= 4 is 29.9 Å². The molecule has 1 aromatic rings. The number of halogens is 1. The van der Waals surface area contributed by atoms with Gasteiger partial charge in [-0.15, -0.1) is 24.0 Å². The van der Waals surface area contributed by atoms with Gasteiger partial charge in [-0.25, -0.2) is 0 Å². The Kier molecular flexibility index (Phi) is 8.55. The first-order valence-electron chi connectivity index (χ1n) is 9.56. The van der Waals surface area contributed by atoms with Crippen molar-refractivity contribution in [3.63, 3.8) is 0 Å². The van der Waals surface area contributed by atoms with Crippen LogP contribution in [0.1, 0.15) is 57.3 Å². The van der Waals surface area contributed by atoms with Crippen LogP contribution in [-0.4, -0.2) is 43.6 Å². The Labute approximate surface area is 169 Å². The van der Waals surface area contributed by atoms with Crippen LogP contribution in [0.3, 0.4) is 0 Å². The molecule has 2 N–H and O–H groups in total. The second kappa shape index (κ2) is 10.4. The molecule has 1 saturated heterocycles. The number of aliphatic imine (C=N–C) groups is 1. The molecule has 5 nitrogen and oxygen atoms in total. The summed E-state index contributed by atoms with van der Waals surface area (Å²) >= 11 is 0. The zero-order valence-corrected chi connectivity index (χ0v) is 17.9. The molecule has 2 aliphatic rings.